The molecule has 0 aliphatic rings. The van der Waals surface area contributed by atoms with Crippen LogP contribution in [0.25, 0.3) is 0 Å². The molecule has 1 aromatic heterocycles. The summed E-state index contributed by atoms with van der Waals surface area (Å²) in [6.07, 6.45) is 0. The Kier molecular flexibility index (Phi) is 5.47. The Morgan fingerprint density at radius 2 is 1.67 bits per heavy atom. The van der Waals surface area contributed by atoms with Crippen molar-refractivity contribution >= 4 is 67.8 Å². The van der Waals surface area contributed by atoms with Gasteiger partial charge in [0.1, 0.15) is 6.04 Å². The van der Waals surface area contributed by atoms with Gasteiger partial charge in [-0.25, -0.2) is 8.42 Å². The van der Waals surface area contributed by atoms with Gasteiger partial charge in [0.15, 0.2) is 0 Å². The molecule has 9 heteroatoms. The van der Waals surface area contributed by atoms with E-state index in [1.165, 1.54) is 12.1 Å². The summed E-state index contributed by atoms with van der Waals surface area (Å²) < 4.78 is 25.7. The van der Waals surface area contributed by atoms with Gasteiger partial charge in [0.05, 0.1) is 9.23 Å². The summed E-state index contributed by atoms with van der Waals surface area (Å²) in [4.78, 5) is 0.603. The number of benzene rings is 1. The van der Waals surface area contributed by atoms with E-state index in [9.17, 15) is 8.42 Å². The summed E-state index contributed by atoms with van der Waals surface area (Å²) in [7, 11) is -3.82. The van der Waals surface area contributed by atoms with Gasteiger partial charge in [-0.15, -0.1) is 11.3 Å². The van der Waals surface area contributed by atoms with E-state index in [2.05, 4.69) is 4.72 Å². The molecule has 0 aliphatic heterocycles. The van der Waals surface area contributed by atoms with Crippen molar-refractivity contribution in [1.82, 2.24) is 4.72 Å². The molecule has 2 rings (SSSR count). The number of hydrogen-bond donors (Lipinski definition) is 1. The number of hydrogen-bond acceptors (Lipinski definition) is 3. The zero-order valence-corrected chi connectivity index (χ0v) is 14.9. The van der Waals surface area contributed by atoms with Crippen LogP contribution < -0.4 is 4.72 Å². The second-order valence-corrected chi connectivity index (χ2v) is 9.88. The van der Waals surface area contributed by atoms with Crippen molar-refractivity contribution in [2.75, 3.05) is 0 Å². The molecule has 21 heavy (non-hydrogen) atoms. The van der Waals surface area contributed by atoms with E-state index in [0.29, 0.717) is 9.21 Å². The summed E-state index contributed by atoms with van der Waals surface area (Å²) in [6, 6.07) is 10.0. The lowest BCUT2D eigenvalue weighted by Gasteiger charge is -2.24. The van der Waals surface area contributed by atoms with Crippen LogP contribution in [0.5, 0.6) is 0 Å². The molecule has 1 atom stereocenters. The molecule has 1 aromatic carbocycles. The maximum atomic E-state index is 12.4. The average molecular weight is 405 g/mol. The molecule has 114 valence electrons. The van der Waals surface area contributed by atoms with Crippen LogP contribution in [0.4, 0.5) is 0 Å². The van der Waals surface area contributed by atoms with E-state index < -0.39 is 19.9 Å². The Bertz CT molecular complexity index is 710. The van der Waals surface area contributed by atoms with Crippen LogP contribution in [0.3, 0.4) is 0 Å². The Hall–Kier alpha value is -0.0100. The van der Waals surface area contributed by atoms with Crippen LogP contribution in [-0.4, -0.2) is 12.2 Å². The predicted molar refractivity (Wildman–Crippen MR) is 89.1 cm³/mol. The average Bonchev–Trinajstić information content (AvgIpc) is 2.82. The van der Waals surface area contributed by atoms with E-state index in [-0.39, 0.29) is 4.90 Å². The molecule has 3 nitrogen and oxygen atoms in total. The number of alkyl halides is 3. The fourth-order valence-electron chi connectivity index (χ4n) is 1.59. The molecule has 0 fully saturated rings. The van der Waals surface area contributed by atoms with Crippen LogP contribution in [0.2, 0.25) is 4.34 Å². The molecule has 0 radical (unpaired) electrons. The van der Waals surface area contributed by atoms with Gasteiger partial charge in [-0.3, -0.25) is 0 Å². The third-order valence-electron chi connectivity index (χ3n) is 2.53. The molecule has 0 bridgehead atoms. The molecule has 0 saturated carbocycles. The monoisotopic (exact) mass is 403 g/mol. The largest absolute Gasteiger partial charge is 0.241 e. The van der Waals surface area contributed by atoms with Crippen LogP contribution in [0.1, 0.15) is 10.9 Å². The molecule has 0 saturated heterocycles. The van der Waals surface area contributed by atoms with E-state index >= 15 is 0 Å². The third kappa shape index (κ3) is 4.48. The molecule has 1 N–H and O–H groups in total. The first-order valence-corrected chi connectivity index (χ1v) is 9.40. The predicted octanol–water partition coefficient (Wildman–Crippen LogP) is 4.79. The van der Waals surface area contributed by atoms with Crippen LogP contribution in [0.15, 0.2) is 47.4 Å². The lowest BCUT2D eigenvalue weighted by molar-refractivity contribution is 0.560. The first-order valence-electron chi connectivity index (χ1n) is 5.59. The van der Waals surface area contributed by atoms with Crippen molar-refractivity contribution in [3.05, 3.63) is 51.7 Å². The minimum atomic E-state index is -3.82. The smallest absolute Gasteiger partial charge is 0.207 e. The first kappa shape index (κ1) is 17.3. The molecule has 0 amide bonds. The fourth-order valence-corrected chi connectivity index (χ4v) is 5.02. The molecular formula is C12H9Cl4NO2S2. The highest BCUT2D eigenvalue weighted by Crippen LogP contribution is 2.43. The number of sulfonamides is 1. The van der Waals surface area contributed by atoms with Gasteiger partial charge < -0.3 is 0 Å². The van der Waals surface area contributed by atoms with Crippen molar-refractivity contribution < 1.29 is 8.42 Å². The van der Waals surface area contributed by atoms with Gasteiger partial charge >= 0.3 is 0 Å². The number of rotatable bonds is 4. The van der Waals surface area contributed by atoms with Crippen molar-refractivity contribution in [2.24, 2.45) is 0 Å². The maximum absolute atomic E-state index is 12.4. The topological polar surface area (TPSA) is 46.2 Å². The zero-order chi connectivity index (χ0) is 15.7. The zero-order valence-electron chi connectivity index (χ0n) is 10.3. The summed E-state index contributed by atoms with van der Waals surface area (Å²) >= 11 is 24.7. The third-order valence-corrected chi connectivity index (χ3v) is 5.92. The summed E-state index contributed by atoms with van der Waals surface area (Å²) in [5.74, 6) is 0. The summed E-state index contributed by atoms with van der Waals surface area (Å²) in [5, 5.41) is 0. The van der Waals surface area contributed by atoms with Crippen LogP contribution in [0, 0.1) is 0 Å². The number of halogens is 4. The SMILES string of the molecule is O=S(=O)(N[C@@H](c1ccc(Cl)s1)C(Cl)(Cl)Cl)c1ccccc1. The van der Waals surface area contributed by atoms with Gasteiger partial charge in [-0.2, -0.15) is 4.72 Å². The van der Waals surface area contributed by atoms with Gasteiger partial charge in [-0.05, 0) is 24.3 Å². The molecule has 0 spiro atoms. The quantitative estimate of drug-likeness (QED) is 0.744. The Morgan fingerprint density at radius 1 is 1.05 bits per heavy atom. The van der Waals surface area contributed by atoms with Crippen molar-refractivity contribution in [3.8, 4) is 0 Å². The Balaban J connectivity index is 2.37. The van der Waals surface area contributed by atoms with E-state index in [1.807, 2.05) is 0 Å². The van der Waals surface area contributed by atoms with Crippen LogP contribution in [-0.2, 0) is 10.0 Å². The highest BCUT2D eigenvalue weighted by molar-refractivity contribution is 7.89. The Labute approximate surface area is 146 Å². The second-order valence-electron chi connectivity index (χ2n) is 4.05. The standard InChI is InChI=1S/C12H9Cl4NO2S2/c13-10-7-6-9(20-10)11(12(14,15)16)17-21(18,19)8-4-2-1-3-5-8/h1-7,11,17H/t11-/m0/s1. The van der Waals surface area contributed by atoms with E-state index in [4.69, 9.17) is 46.4 Å². The molecule has 2 aromatic rings. The van der Waals surface area contributed by atoms with Crippen molar-refractivity contribution in [2.45, 2.75) is 14.7 Å². The molecule has 0 aliphatic carbocycles. The van der Waals surface area contributed by atoms with Crippen molar-refractivity contribution in [1.29, 1.82) is 0 Å². The fraction of sp³-hybridized carbons (Fsp3) is 0.167. The first-order chi connectivity index (χ1) is 9.70. The highest BCUT2D eigenvalue weighted by atomic mass is 35.6. The summed E-state index contributed by atoms with van der Waals surface area (Å²) in [6.45, 7) is 0. The molecule has 0 unspecified atom stereocenters. The van der Waals surface area contributed by atoms with Crippen molar-refractivity contribution in [3.63, 3.8) is 0 Å². The second kappa shape index (κ2) is 6.62. The van der Waals surface area contributed by atoms with Gasteiger partial charge in [0.2, 0.25) is 13.8 Å². The molecule has 1 heterocycles. The van der Waals surface area contributed by atoms with Gasteiger partial charge in [-0.1, -0.05) is 64.6 Å². The normalized spacial score (nSPS) is 14.1. The van der Waals surface area contributed by atoms with Gasteiger partial charge in [0, 0.05) is 4.88 Å². The minimum Gasteiger partial charge on any atom is -0.207 e. The minimum absolute atomic E-state index is 0.0897. The molecular weight excluding hydrogens is 396 g/mol. The van der Waals surface area contributed by atoms with Gasteiger partial charge in [0.25, 0.3) is 0 Å². The number of thiophene rings is 1. The highest BCUT2D eigenvalue weighted by Gasteiger charge is 2.38. The Morgan fingerprint density at radius 3 is 2.14 bits per heavy atom. The van der Waals surface area contributed by atoms with E-state index in [1.54, 1.807) is 30.3 Å². The van der Waals surface area contributed by atoms with E-state index in [0.717, 1.165) is 11.3 Å². The summed E-state index contributed by atoms with van der Waals surface area (Å²) in [5.41, 5.74) is 0. The maximum Gasteiger partial charge on any atom is 0.241 e. The van der Waals surface area contributed by atoms with Crippen LogP contribution >= 0.6 is 57.7 Å². The number of nitrogens with one attached hydrogen (secondary N) is 1. The lowest BCUT2D eigenvalue weighted by Crippen LogP contribution is -2.36. The lowest BCUT2D eigenvalue weighted by atomic mass is 10.3.